The standard InChI is InChI=1S/C10H12N2OS/c1-7-3-8(9-4-11-6-14-9)10(13)12(2)5-7/h3-5,11H,6H2,1-2H3. The van der Waals surface area contributed by atoms with Gasteiger partial charge in [0.15, 0.2) is 0 Å². The first kappa shape index (κ1) is 9.40. The lowest BCUT2D eigenvalue weighted by atomic mass is 10.2. The molecule has 0 spiro atoms. The summed E-state index contributed by atoms with van der Waals surface area (Å²) in [5, 5.41) is 3.09. The third-order valence-electron chi connectivity index (χ3n) is 2.13. The molecule has 2 rings (SSSR count). The maximum Gasteiger partial charge on any atom is 0.258 e. The molecule has 0 radical (unpaired) electrons. The molecule has 0 amide bonds. The largest absolute Gasteiger partial charge is 0.381 e. The van der Waals surface area contributed by atoms with Gasteiger partial charge in [0.25, 0.3) is 5.56 Å². The van der Waals surface area contributed by atoms with Crippen molar-refractivity contribution in [1.82, 2.24) is 9.88 Å². The Morgan fingerprint density at radius 1 is 1.57 bits per heavy atom. The van der Waals surface area contributed by atoms with Gasteiger partial charge in [-0.2, -0.15) is 0 Å². The maximum absolute atomic E-state index is 11.8. The van der Waals surface area contributed by atoms with Crippen molar-refractivity contribution in [1.29, 1.82) is 0 Å². The Morgan fingerprint density at radius 3 is 3.00 bits per heavy atom. The highest BCUT2D eigenvalue weighted by Crippen LogP contribution is 2.27. The second-order valence-corrected chi connectivity index (χ2v) is 4.37. The van der Waals surface area contributed by atoms with E-state index in [4.69, 9.17) is 0 Å². The highest BCUT2D eigenvalue weighted by atomic mass is 32.2. The Morgan fingerprint density at radius 2 is 2.36 bits per heavy atom. The summed E-state index contributed by atoms with van der Waals surface area (Å²) in [5.41, 5.74) is 1.97. The Hall–Kier alpha value is -1.16. The zero-order valence-electron chi connectivity index (χ0n) is 8.20. The summed E-state index contributed by atoms with van der Waals surface area (Å²) in [5.74, 6) is 0.854. The van der Waals surface area contributed by atoms with Gasteiger partial charge in [-0.15, -0.1) is 11.8 Å². The molecule has 1 aliphatic heterocycles. The van der Waals surface area contributed by atoms with Crippen LogP contribution < -0.4 is 10.9 Å². The predicted molar refractivity (Wildman–Crippen MR) is 60.0 cm³/mol. The number of hydrogen-bond acceptors (Lipinski definition) is 3. The van der Waals surface area contributed by atoms with Crippen molar-refractivity contribution in [3.63, 3.8) is 0 Å². The Labute approximate surface area is 86.8 Å². The van der Waals surface area contributed by atoms with Gasteiger partial charge in [-0.25, -0.2) is 0 Å². The maximum atomic E-state index is 11.8. The molecular formula is C10H12N2OS. The van der Waals surface area contributed by atoms with Crippen LogP contribution >= 0.6 is 11.8 Å². The molecule has 1 aromatic heterocycles. The molecule has 74 valence electrons. The summed E-state index contributed by atoms with van der Waals surface area (Å²) in [6, 6.07) is 1.94. The van der Waals surface area contributed by atoms with Gasteiger partial charge in [-0.05, 0) is 18.6 Å². The van der Waals surface area contributed by atoms with E-state index in [1.54, 1.807) is 23.4 Å². The van der Waals surface area contributed by atoms with Crippen LogP contribution in [0.3, 0.4) is 0 Å². The lowest BCUT2D eigenvalue weighted by Gasteiger charge is -2.04. The quantitative estimate of drug-likeness (QED) is 0.755. The van der Waals surface area contributed by atoms with Crippen LogP contribution in [0.15, 0.2) is 23.3 Å². The zero-order valence-corrected chi connectivity index (χ0v) is 9.02. The second-order valence-electron chi connectivity index (χ2n) is 3.35. The van der Waals surface area contributed by atoms with Gasteiger partial charge >= 0.3 is 0 Å². The van der Waals surface area contributed by atoms with E-state index in [2.05, 4.69) is 5.32 Å². The van der Waals surface area contributed by atoms with Crippen molar-refractivity contribution in [3.05, 3.63) is 39.9 Å². The monoisotopic (exact) mass is 208 g/mol. The highest BCUT2D eigenvalue weighted by Gasteiger charge is 2.12. The normalized spacial score (nSPS) is 15.1. The number of pyridine rings is 1. The topological polar surface area (TPSA) is 34.0 Å². The van der Waals surface area contributed by atoms with Crippen LogP contribution in [0, 0.1) is 6.92 Å². The van der Waals surface area contributed by atoms with E-state index in [0.717, 1.165) is 21.9 Å². The fourth-order valence-corrected chi connectivity index (χ4v) is 2.30. The van der Waals surface area contributed by atoms with Crippen LogP contribution in [-0.2, 0) is 7.05 Å². The van der Waals surface area contributed by atoms with Crippen molar-refractivity contribution in [2.45, 2.75) is 6.92 Å². The molecule has 1 N–H and O–H groups in total. The minimum absolute atomic E-state index is 0.0676. The first-order chi connectivity index (χ1) is 6.68. The van der Waals surface area contributed by atoms with Gasteiger partial charge in [-0.1, -0.05) is 0 Å². The SMILES string of the molecule is Cc1cc(C2=CNCS2)c(=O)n(C)c1. The molecule has 0 saturated heterocycles. The average molecular weight is 208 g/mol. The summed E-state index contributed by atoms with van der Waals surface area (Å²) in [4.78, 5) is 12.8. The molecule has 0 fully saturated rings. The number of rotatable bonds is 1. The number of thioether (sulfide) groups is 1. The lowest BCUT2D eigenvalue weighted by Crippen LogP contribution is -2.19. The van der Waals surface area contributed by atoms with Gasteiger partial charge in [-0.3, -0.25) is 4.79 Å². The van der Waals surface area contributed by atoms with Crippen LogP contribution in [0.4, 0.5) is 0 Å². The molecule has 4 heteroatoms. The molecule has 14 heavy (non-hydrogen) atoms. The zero-order chi connectivity index (χ0) is 10.1. The van der Waals surface area contributed by atoms with Crippen molar-refractivity contribution < 1.29 is 0 Å². The van der Waals surface area contributed by atoms with Gasteiger partial charge in [0.05, 0.1) is 11.4 Å². The molecule has 0 saturated carbocycles. The van der Waals surface area contributed by atoms with Gasteiger partial charge in [0, 0.05) is 24.3 Å². The summed E-state index contributed by atoms with van der Waals surface area (Å²) in [6.45, 7) is 2.00. The molecular weight excluding hydrogens is 196 g/mol. The highest BCUT2D eigenvalue weighted by molar-refractivity contribution is 8.08. The summed E-state index contributed by atoms with van der Waals surface area (Å²) >= 11 is 1.66. The van der Waals surface area contributed by atoms with Crippen LogP contribution in [0.25, 0.3) is 4.91 Å². The smallest absolute Gasteiger partial charge is 0.258 e. The summed E-state index contributed by atoms with van der Waals surface area (Å²) in [7, 11) is 1.78. The fourth-order valence-electron chi connectivity index (χ4n) is 1.51. The minimum atomic E-state index is 0.0676. The molecule has 0 bridgehead atoms. The molecule has 0 unspecified atom stereocenters. The Balaban J connectivity index is 2.57. The van der Waals surface area contributed by atoms with Crippen LogP contribution in [-0.4, -0.2) is 10.4 Å². The van der Waals surface area contributed by atoms with E-state index in [1.807, 2.05) is 25.4 Å². The number of nitrogens with one attached hydrogen (secondary N) is 1. The van der Waals surface area contributed by atoms with E-state index in [0.29, 0.717) is 0 Å². The van der Waals surface area contributed by atoms with Crippen molar-refractivity contribution in [2.75, 3.05) is 5.88 Å². The van der Waals surface area contributed by atoms with Crippen LogP contribution in [0.1, 0.15) is 11.1 Å². The predicted octanol–water partition coefficient (Wildman–Crippen LogP) is 1.29. The van der Waals surface area contributed by atoms with Crippen LogP contribution in [0.5, 0.6) is 0 Å². The molecule has 2 heterocycles. The summed E-state index contributed by atoms with van der Waals surface area (Å²) < 4.78 is 1.63. The van der Waals surface area contributed by atoms with Crippen molar-refractivity contribution >= 4 is 16.7 Å². The fraction of sp³-hybridized carbons (Fsp3) is 0.300. The molecule has 3 nitrogen and oxygen atoms in total. The summed E-state index contributed by atoms with van der Waals surface area (Å²) in [6.07, 6.45) is 3.75. The Bertz CT molecular complexity index is 448. The number of aryl methyl sites for hydroxylation is 2. The number of aromatic nitrogens is 1. The number of nitrogens with zero attached hydrogens (tertiary/aromatic N) is 1. The van der Waals surface area contributed by atoms with Crippen molar-refractivity contribution in [2.24, 2.45) is 7.05 Å². The Kier molecular flexibility index (Phi) is 2.37. The molecule has 0 atom stereocenters. The van der Waals surface area contributed by atoms with Gasteiger partial charge < -0.3 is 9.88 Å². The third-order valence-corrected chi connectivity index (χ3v) is 3.09. The molecule has 0 aliphatic carbocycles. The van der Waals surface area contributed by atoms with E-state index in [-0.39, 0.29) is 5.56 Å². The number of hydrogen-bond donors (Lipinski definition) is 1. The average Bonchev–Trinajstić information content (AvgIpc) is 2.63. The third kappa shape index (κ3) is 1.57. The minimum Gasteiger partial charge on any atom is -0.381 e. The van der Waals surface area contributed by atoms with E-state index in [9.17, 15) is 4.79 Å². The van der Waals surface area contributed by atoms with Crippen LogP contribution in [0.2, 0.25) is 0 Å². The van der Waals surface area contributed by atoms with Gasteiger partial charge in [0.2, 0.25) is 0 Å². The lowest BCUT2D eigenvalue weighted by molar-refractivity contribution is 0.848. The van der Waals surface area contributed by atoms with E-state index in [1.165, 1.54) is 0 Å². The first-order valence-corrected chi connectivity index (χ1v) is 5.41. The first-order valence-electron chi connectivity index (χ1n) is 4.42. The molecule has 0 aromatic carbocycles. The van der Waals surface area contributed by atoms with E-state index >= 15 is 0 Å². The van der Waals surface area contributed by atoms with Crippen molar-refractivity contribution in [3.8, 4) is 0 Å². The molecule has 1 aromatic rings. The van der Waals surface area contributed by atoms with Gasteiger partial charge in [0.1, 0.15) is 0 Å². The van der Waals surface area contributed by atoms with E-state index < -0.39 is 0 Å². The second kappa shape index (κ2) is 3.53. The molecule has 1 aliphatic rings.